The van der Waals surface area contributed by atoms with Gasteiger partial charge in [0.25, 0.3) is 0 Å². The highest BCUT2D eigenvalue weighted by Gasteiger charge is 2.03. The van der Waals surface area contributed by atoms with Gasteiger partial charge in [-0.3, -0.25) is 0 Å². The number of thioether (sulfide) groups is 1. The zero-order chi connectivity index (χ0) is 8.10. The van der Waals surface area contributed by atoms with E-state index in [4.69, 9.17) is 9.63 Å². The van der Waals surface area contributed by atoms with Crippen molar-refractivity contribution in [3.05, 3.63) is 12.2 Å². The summed E-state index contributed by atoms with van der Waals surface area (Å²) in [5.74, 6) is 1.28. The topological polar surface area (TPSA) is 59.2 Å². The highest BCUT2D eigenvalue weighted by molar-refractivity contribution is 7.99. The summed E-state index contributed by atoms with van der Waals surface area (Å²) in [4.78, 5) is 3.84. The molecule has 5 heteroatoms. The highest BCUT2D eigenvalue weighted by atomic mass is 32.2. The normalized spacial score (nSPS) is 13.3. The fourth-order valence-electron chi connectivity index (χ4n) is 0.526. The Kier molecular flexibility index (Phi) is 3.38. The molecular formula is C6H10N2O2S. The lowest BCUT2D eigenvalue weighted by molar-refractivity contribution is 0.300. The fourth-order valence-corrected chi connectivity index (χ4v) is 1.19. The fraction of sp³-hybridized carbons (Fsp3) is 0.667. The monoisotopic (exact) mass is 174 g/mol. The molecule has 1 N–H and O–H groups in total. The Labute approximate surface area is 69.0 Å². The number of nitrogens with zero attached hydrogens (tertiary/aromatic N) is 2. The minimum Gasteiger partial charge on any atom is -0.395 e. The molecule has 0 bridgehead atoms. The second kappa shape index (κ2) is 4.35. The highest BCUT2D eigenvalue weighted by Crippen LogP contribution is 2.14. The number of aliphatic hydroxyl groups is 1. The van der Waals surface area contributed by atoms with Crippen molar-refractivity contribution in [3.63, 3.8) is 0 Å². The second-order valence-corrected chi connectivity index (χ2v) is 3.57. The van der Waals surface area contributed by atoms with E-state index in [9.17, 15) is 0 Å². The standard InChI is InChI=1S/C6H10N2O2S/c1-5(2-9)11-3-6-7-4-8-10-6/h4-5,9H,2-3H2,1H3. The predicted octanol–water partition coefficient (Wildman–Crippen LogP) is 0.684. The summed E-state index contributed by atoms with van der Waals surface area (Å²) in [6.45, 7) is 2.12. The van der Waals surface area contributed by atoms with Crippen LogP contribution in [0.5, 0.6) is 0 Å². The van der Waals surface area contributed by atoms with Gasteiger partial charge in [-0.05, 0) is 0 Å². The molecule has 0 aliphatic heterocycles. The molecule has 0 aromatic carbocycles. The molecule has 1 rings (SSSR count). The van der Waals surface area contributed by atoms with Crippen molar-refractivity contribution in [1.82, 2.24) is 10.1 Å². The maximum Gasteiger partial charge on any atom is 0.236 e. The molecular weight excluding hydrogens is 164 g/mol. The van der Waals surface area contributed by atoms with E-state index in [1.54, 1.807) is 11.8 Å². The summed E-state index contributed by atoms with van der Waals surface area (Å²) in [5.41, 5.74) is 0. The zero-order valence-corrected chi connectivity index (χ0v) is 7.04. The van der Waals surface area contributed by atoms with Gasteiger partial charge in [0.15, 0.2) is 6.33 Å². The Hall–Kier alpha value is -0.550. The molecule has 0 aliphatic rings. The van der Waals surface area contributed by atoms with E-state index < -0.39 is 0 Å². The Morgan fingerprint density at radius 2 is 2.64 bits per heavy atom. The molecule has 0 saturated carbocycles. The van der Waals surface area contributed by atoms with Crippen molar-refractivity contribution in [1.29, 1.82) is 0 Å². The second-order valence-electron chi connectivity index (χ2n) is 2.14. The molecule has 1 unspecified atom stereocenters. The number of aliphatic hydroxyl groups excluding tert-OH is 1. The van der Waals surface area contributed by atoms with Crippen molar-refractivity contribution < 1.29 is 9.63 Å². The third-order valence-electron chi connectivity index (χ3n) is 1.16. The van der Waals surface area contributed by atoms with Gasteiger partial charge in [0.05, 0.1) is 12.4 Å². The molecule has 4 nitrogen and oxygen atoms in total. The number of hydrogen-bond donors (Lipinski definition) is 1. The Balaban J connectivity index is 2.23. The molecule has 1 aromatic rings. The van der Waals surface area contributed by atoms with Crippen molar-refractivity contribution in [3.8, 4) is 0 Å². The van der Waals surface area contributed by atoms with E-state index in [-0.39, 0.29) is 11.9 Å². The molecule has 1 aromatic heterocycles. The largest absolute Gasteiger partial charge is 0.395 e. The third kappa shape index (κ3) is 2.90. The molecule has 0 amide bonds. The van der Waals surface area contributed by atoms with E-state index in [2.05, 4.69) is 10.1 Å². The molecule has 0 saturated heterocycles. The lowest BCUT2D eigenvalue weighted by atomic mass is 10.5. The zero-order valence-electron chi connectivity index (χ0n) is 6.23. The van der Waals surface area contributed by atoms with Gasteiger partial charge in [0.1, 0.15) is 0 Å². The molecule has 1 heterocycles. The first-order valence-electron chi connectivity index (χ1n) is 3.31. The van der Waals surface area contributed by atoms with E-state index in [1.807, 2.05) is 6.92 Å². The summed E-state index contributed by atoms with van der Waals surface area (Å²) in [7, 11) is 0. The van der Waals surface area contributed by atoms with Crippen LogP contribution in [-0.4, -0.2) is 27.1 Å². The molecule has 0 fully saturated rings. The Morgan fingerprint density at radius 3 is 3.18 bits per heavy atom. The van der Waals surface area contributed by atoms with Crippen molar-refractivity contribution in [2.45, 2.75) is 17.9 Å². The first kappa shape index (κ1) is 8.55. The molecule has 0 radical (unpaired) electrons. The lowest BCUT2D eigenvalue weighted by Crippen LogP contribution is -2.02. The first-order chi connectivity index (χ1) is 5.33. The van der Waals surface area contributed by atoms with Crippen LogP contribution in [0.4, 0.5) is 0 Å². The van der Waals surface area contributed by atoms with Crippen LogP contribution in [0.3, 0.4) is 0 Å². The van der Waals surface area contributed by atoms with Crippen LogP contribution < -0.4 is 0 Å². The minimum atomic E-state index is 0.179. The quantitative estimate of drug-likeness (QED) is 0.727. The third-order valence-corrected chi connectivity index (χ3v) is 2.29. The molecule has 62 valence electrons. The van der Waals surface area contributed by atoms with Gasteiger partial charge in [-0.15, -0.1) is 11.8 Å². The van der Waals surface area contributed by atoms with E-state index >= 15 is 0 Å². The molecule has 1 atom stereocenters. The van der Waals surface area contributed by atoms with Gasteiger partial charge < -0.3 is 9.63 Å². The average Bonchev–Trinajstić information content (AvgIpc) is 2.52. The van der Waals surface area contributed by atoms with Gasteiger partial charge in [-0.1, -0.05) is 12.1 Å². The van der Waals surface area contributed by atoms with Gasteiger partial charge in [0, 0.05) is 5.25 Å². The van der Waals surface area contributed by atoms with Crippen LogP contribution in [-0.2, 0) is 5.75 Å². The van der Waals surface area contributed by atoms with E-state index in [1.165, 1.54) is 6.33 Å². The van der Waals surface area contributed by atoms with Crippen LogP contribution in [0.25, 0.3) is 0 Å². The SMILES string of the molecule is CC(CO)SCc1ncno1. The van der Waals surface area contributed by atoms with Crippen molar-refractivity contribution in [2.24, 2.45) is 0 Å². The summed E-state index contributed by atoms with van der Waals surface area (Å²) >= 11 is 1.59. The Bertz CT molecular complexity index is 190. The van der Waals surface area contributed by atoms with E-state index in [0.29, 0.717) is 11.6 Å². The van der Waals surface area contributed by atoms with Crippen molar-refractivity contribution >= 4 is 11.8 Å². The van der Waals surface area contributed by atoms with Crippen molar-refractivity contribution in [2.75, 3.05) is 6.61 Å². The van der Waals surface area contributed by atoms with Crippen LogP contribution in [0, 0.1) is 0 Å². The van der Waals surface area contributed by atoms with Crippen LogP contribution >= 0.6 is 11.8 Å². The number of aromatic nitrogens is 2. The Morgan fingerprint density at radius 1 is 1.82 bits per heavy atom. The maximum atomic E-state index is 8.68. The average molecular weight is 174 g/mol. The van der Waals surface area contributed by atoms with Gasteiger partial charge in [-0.2, -0.15) is 4.98 Å². The van der Waals surface area contributed by atoms with E-state index in [0.717, 1.165) is 0 Å². The molecule has 0 spiro atoms. The number of hydrogen-bond acceptors (Lipinski definition) is 5. The molecule has 11 heavy (non-hydrogen) atoms. The predicted molar refractivity (Wildman–Crippen MR) is 42.1 cm³/mol. The van der Waals surface area contributed by atoms with Gasteiger partial charge in [0.2, 0.25) is 5.89 Å². The van der Waals surface area contributed by atoms with Crippen LogP contribution in [0.2, 0.25) is 0 Å². The van der Waals surface area contributed by atoms with Crippen LogP contribution in [0.1, 0.15) is 12.8 Å². The van der Waals surface area contributed by atoms with Crippen LogP contribution in [0.15, 0.2) is 10.9 Å². The first-order valence-corrected chi connectivity index (χ1v) is 4.36. The summed E-state index contributed by atoms with van der Waals surface area (Å²) in [5, 5.41) is 12.4. The lowest BCUT2D eigenvalue weighted by Gasteiger charge is -2.03. The summed E-state index contributed by atoms with van der Waals surface area (Å²) in [6, 6.07) is 0. The molecule has 0 aliphatic carbocycles. The summed E-state index contributed by atoms with van der Waals surface area (Å²) < 4.78 is 4.76. The summed E-state index contributed by atoms with van der Waals surface area (Å²) in [6.07, 6.45) is 1.37. The minimum absolute atomic E-state index is 0.179. The van der Waals surface area contributed by atoms with Gasteiger partial charge in [-0.25, -0.2) is 0 Å². The number of rotatable bonds is 4. The smallest absolute Gasteiger partial charge is 0.236 e. The maximum absolute atomic E-state index is 8.68. The van der Waals surface area contributed by atoms with Gasteiger partial charge >= 0.3 is 0 Å².